The van der Waals surface area contributed by atoms with E-state index in [4.69, 9.17) is 5.11 Å². The maximum atomic E-state index is 10.4. The van der Waals surface area contributed by atoms with Crippen LogP contribution in [0.15, 0.2) is 0 Å². The van der Waals surface area contributed by atoms with E-state index in [-0.39, 0.29) is 12.5 Å². The Morgan fingerprint density at radius 1 is 1.58 bits per heavy atom. The molecule has 3 nitrogen and oxygen atoms in total. The Balaban J connectivity index is 3.77. The number of thioether (sulfide) groups is 1. The van der Waals surface area contributed by atoms with Gasteiger partial charge in [-0.15, -0.1) is 0 Å². The van der Waals surface area contributed by atoms with Crippen LogP contribution in [0.2, 0.25) is 0 Å². The fourth-order valence-electron chi connectivity index (χ4n) is 1.05. The monoisotopic (exact) mass is 191 g/mol. The van der Waals surface area contributed by atoms with E-state index in [1.165, 1.54) is 0 Å². The van der Waals surface area contributed by atoms with Crippen molar-refractivity contribution in [2.45, 2.75) is 32.4 Å². The van der Waals surface area contributed by atoms with Gasteiger partial charge in [0.2, 0.25) is 0 Å². The highest BCUT2D eigenvalue weighted by Gasteiger charge is 2.12. The van der Waals surface area contributed by atoms with Crippen molar-refractivity contribution in [2.75, 3.05) is 12.0 Å². The van der Waals surface area contributed by atoms with Gasteiger partial charge in [-0.1, -0.05) is 13.8 Å². The number of aliphatic carboxylic acids is 1. The van der Waals surface area contributed by atoms with Crippen molar-refractivity contribution in [3.05, 3.63) is 0 Å². The van der Waals surface area contributed by atoms with Gasteiger partial charge in [-0.3, -0.25) is 4.79 Å². The van der Waals surface area contributed by atoms with Gasteiger partial charge in [-0.2, -0.15) is 11.8 Å². The predicted molar refractivity (Wildman–Crippen MR) is 52.7 cm³/mol. The first-order valence-corrected chi connectivity index (χ1v) is 5.42. The number of nitrogens with one attached hydrogen (secondary N) is 1. The van der Waals surface area contributed by atoms with Crippen LogP contribution in [0.25, 0.3) is 0 Å². The molecule has 0 aliphatic rings. The Kier molecular flexibility index (Phi) is 6.20. The molecule has 0 spiro atoms. The lowest BCUT2D eigenvalue weighted by Crippen LogP contribution is -2.38. The van der Waals surface area contributed by atoms with Crippen LogP contribution in [-0.2, 0) is 4.79 Å². The van der Waals surface area contributed by atoms with Gasteiger partial charge in [0, 0.05) is 17.8 Å². The van der Waals surface area contributed by atoms with E-state index >= 15 is 0 Å². The van der Waals surface area contributed by atoms with Crippen molar-refractivity contribution >= 4 is 17.7 Å². The number of carboxylic acids is 1. The smallest absolute Gasteiger partial charge is 0.304 e. The third kappa shape index (κ3) is 6.49. The van der Waals surface area contributed by atoms with Crippen LogP contribution in [0.1, 0.15) is 20.3 Å². The Morgan fingerprint density at radius 2 is 2.17 bits per heavy atom. The third-order valence-electron chi connectivity index (χ3n) is 1.36. The molecule has 0 heterocycles. The fourth-order valence-corrected chi connectivity index (χ4v) is 1.67. The van der Waals surface area contributed by atoms with E-state index in [1.54, 1.807) is 11.8 Å². The summed E-state index contributed by atoms with van der Waals surface area (Å²) in [5.41, 5.74) is 0. The van der Waals surface area contributed by atoms with Gasteiger partial charge < -0.3 is 10.4 Å². The normalized spacial score (nSPS) is 13.3. The molecule has 0 aliphatic carbocycles. The van der Waals surface area contributed by atoms with Gasteiger partial charge in [0.05, 0.1) is 6.42 Å². The van der Waals surface area contributed by atoms with Crippen LogP contribution in [0, 0.1) is 0 Å². The molecule has 0 saturated carbocycles. The molecule has 4 heteroatoms. The van der Waals surface area contributed by atoms with Gasteiger partial charge in [0.1, 0.15) is 0 Å². The zero-order valence-electron chi connectivity index (χ0n) is 7.83. The van der Waals surface area contributed by atoms with Gasteiger partial charge >= 0.3 is 5.97 Å². The summed E-state index contributed by atoms with van der Waals surface area (Å²) in [6.45, 7) is 4.05. The number of hydrogen-bond donors (Lipinski definition) is 2. The predicted octanol–water partition coefficient (Wildman–Crippen LogP) is 1.19. The molecule has 1 atom stereocenters. The summed E-state index contributed by atoms with van der Waals surface area (Å²) in [6, 6.07) is 0.444. The number of hydrogen-bond acceptors (Lipinski definition) is 3. The second-order valence-corrected chi connectivity index (χ2v) is 3.98. The quantitative estimate of drug-likeness (QED) is 0.662. The van der Waals surface area contributed by atoms with Crippen LogP contribution in [0.5, 0.6) is 0 Å². The highest BCUT2D eigenvalue weighted by Crippen LogP contribution is 2.02. The molecule has 0 fully saturated rings. The zero-order chi connectivity index (χ0) is 9.56. The molecule has 0 aromatic heterocycles. The maximum Gasteiger partial charge on any atom is 0.304 e. The van der Waals surface area contributed by atoms with Crippen molar-refractivity contribution in [1.82, 2.24) is 5.32 Å². The van der Waals surface area contributed by atoms with Gasteiger partial charge in [0.25, 0.3) is 0 Å². The molecule has 72 valence electrons. The van der Waals surface area contributed by atoms with E-state index in [1.807, 2.05) is 20.1 Å². The van der Waals surface area contributed by atoms with E-state index in [2.05, 4.69) is 5.32 Å². The van der Waals surface area contributed by atoms with E-state index < -0.39 is 5.97 Å². The molecule has 0 radical (unpaired) electrons. The van der Waals surface area contributed by atoms with Crippen LogP contribution < -0.4 is 5.32 Å². The standard InChI is InChI=1S/C8H17NO2S/c1-6(2)9-7(5-12-3)4-8(10)11/h6-7,9H,4-5H2,1-3H3,(H,10,11). The third-order valence-corrected chi connectivity index (χ3v) is 2.09. The lowest BCUT2D eigenvalue weighted by atomic mass is 10.2. The minimum Gasteiger partial charge on any atom is -0.481 e. The second-order valence-electron chi connectivity index (χ2n) is 3.07. The van der Waals surface area contributed by atoms with E-state index in [0.29, 0.717) is 6.04 Å². The van der Waals surface area contributed by atoms with Crippen molar-refractivity contribution in [3.63, 3.8) is 0 Å². The van der Waals surface area contributed by atoms with Gasteiger partial charge in [-0.25, -0.2) is 0 Å². The highest BCUT2D eigenvalue weighted by atomic mass is 32.2. The summed E-state index contributed by atoms with van der Waals surface area (Å²) < 4.78 is 0. The van der Waals surface area contributed by atoms with Crippen molar-refractivity contribution < 1.29 is 9.90 Å². The fraction of sp³-hybridized carbons (Fsp3) is 0.875. The molecule has 0 aromatic carbocycles. The summed E-state index contributed by atoms with van der Waals surface area (Å²) in [7, 11) is 0. The lowest BCUT2D eigenvalue weighted by molar-refractivity contribution is -0.137. The second kappa shape index (κ2) is 6.31. The van der Waals surface area contributed by atoms with Crippen LogP contribution in [0.4, 0.5) is 0 Å². The Morgan fingerprint density at radius 3 is 2.50 bits per heavy atom. The molecule has 0 aliphatic heterocycles. The molecular formula is C8H17NO2S. The molecule has 0 rings (SSSR count). The molecular weight excluding hydrogens is 174 g/mol. The molecule has 0 bridgehead atoms. The average Bonchev–Trinajstić information content (AvgIpc) is 1.84. The number of carboxylic acid groups (broad SMARTS) is 1. The largest absolute Gasteiger partial charge is 0.481 e. The Hall–Kier alpha value is -0.220. The first-order valence-electron chi connectivity index (χ1n) is 4.03. The van der Waals surface area contributed by atoms with E-state index in [9.17, 15) is 4.79 Å². The number of rotatable bonds is 6. The summed E-state index contributed by atoms with van der Waals surface area (Å²) in [6.07, 6.45) is 2.19. The molecule has 2 N–H and O–H groups in total. The molecule has 0 amide bonds. The van der Waals surface area contributed by atoms with E-state index in [0.717, 1.165) is 5.75 Å². The Labute approximate surface area is 77.9 Å². The minimum absolute atomic E-state index is 0.0949. The zero-order valence-corrected chi connectivity index (χ0v) is 8.65. The van der Waals surface area contributed by atoms with Crippen molar-refractivity contribution in [2.24, 2.45) is 0 Å². The topological polar surface area (TPSA) is 49.3 Å². The summed E-state index contributed by atoms with van der Waals surface area (Å²) in [5.74, 6) is 0.118. The molecule has 0 aromatic rings. The number of carbonyl (C=O) groups is 1. The van der Waals surface area contributed by atoms with Crippen LogP contribution in [0.3, 0.4) is 0 Å². The average molecular weight is 191 g/mol. The minimum atomic E-state index is -0.734. The molecule has 12 heavy (non-hydrogen) atoms. The summed E-state index contributed by atoms with van der Waals surface area (Å²) in [5, 5.41) is 11.8. The van der Waals surface area contributed by atoms with Crippen LogP contribution in [-0.4, -0.2) is 35.2 Å². The maximum absolute atomic E-state index is 10.4. The summed E-state index contributed by atoms with van der Waals surface area (Å²) in [4.78, 5) is 10.4. The Bertz CT molecular complexity index is 139. The SMILES string of the molecule is CSCC(CC(=O)O)NC(C)C. The summed E-state index contributed by atoms with van der Waals surface area (Å²) >= 11 is 1.67. The van der Waals surface area contributed by atoms with Gasteiger partial charge in [-0.05, 0) is 6.26 Å². The van der Waals surface area contributed by atoms with Crippen molar-refractivity contribution in [3.8, 4) is 0 Å². The lowest BCUT2D eigenvalue weighted by Gasteiger charge is -2.18. The van der Waals surface area contributed by atoms with Crippen LogP contribution >= 0.6 is 11.8 Å². The molecule has 0 saturated heterocycles. The van der Waals surface area contributed by atoms with Gasteiger partial charge in [0.15, 0.2) is 0 Å². The highest BCUT2D eigenvalue weighted by molar-refractivity contribution is 7.98. The first-order chi connectivity index (χ1) is 5.56. The first kappa shape index (κ1) is 11.8. The van der Waals surface area contributed by atoms with Crippen molar-refractivity contribution in [1.29, 1.82) is 0 Å². The molecule has 1 unspecified atom stereocenters.